The number of aryl methyl sites for hydroxylation is 1. The first-order chi connectivity index (χ1) is 23.9. The number of fused-ring (bicyclic) bond motifs is 2. The molecule has 2 amide bonds. The van der Waals surface area contributed by atoms with Gasteiger partial charge in [0.15, 0.2) is 0 Å². The average molecular weight is 665 g/mol. The fourth-order valence-electron chi connectivity index (χ4n) is 6.91. The molecule has 0 unspecified atom stereocenters. The molecule has 6 aromatic rings. The van der Waals surface area contributed by atoms with Gasteiger partial charge in [-0.3, -0.25) is 24.7 Å². The minimum Gasteiger partial charge on any atom is -0.314 e. The van der Waals surface area contributed by atoms with Crippen molar-refractivity contribution in [3.63, 3.8) is 0 Å². The molecule has 0 saturated heterocycles. The molecule has 2 aromatic carbocycles. The highest BCUT2D eigenvalue weighted by molar-refractivity contribution is 6.08. The van der Waals surface area contributed by atoms with Gasteiger partial charge in [-0.15, -0.1) is 0 Å². The number of anilines is 2. The van der Waals surface area contributed by atoms with Crippen molar-refractivity contribution < 1.29 is 9.59 Å². The van der Waals surface area contributed by atoms with E-state index in [4.69, 9.17) is 0 Å². The van der Waals surface area contributed by atoms with E-state index in [2.05, 4.69) is 37.4 Å². The largest absolute Gasteiger partial charge is 0.314 e. The first-order valence-corrected chi connectivity index (χ1v) is 16.7. The van der Waals surface area contributed by atoms with E-state index in [1.54, 1.807) is 17.3 Å². The monoisotopic (exact) mass is 664 g/mol. The highest BCUT2D eigenvalue weighted by Crippen LogP contribution is 2.43. The van der Waals surface area contributed by atoms with Crippen LogP contribution in [0.4, 0.5) is 11.4 Å². The van der Waals surface area contributed by atoms with Gasteiger partial charge in [-0.25, -0.2) is 4.68 Å². The van der Waals surface area contributed by atoms with Crippen molar-refractivity contribution in [1.82, 2.24) is 29.9 Å². The number of hydrogen-bond acceptors (Lipinski definition) is 6. The number of likely N-dealkylation sites (N-methyl/N-ethyl adjacent to an activating group) is 2. The molecule has 2 aliphatic heterocycles. The normalized spacial score (nSPS) is 15.5. The number of benzene rings is 2. The molecule has 0 spiro atoms. The van der Waals surface area contributed by atoms with Crippen molar-refractivity contribution in [3.8, 4) is 39.3 Å². The Morgan fingerprint density at radius 1 is 0.760 bits per heavy atom. The van der Waals surface area contributed by atoms with Crippen LogP contribution in [-0.4, -0.2) is 55.4 Å². The number of amides is 2. The third-order valence-electron chi connectivity index (χ3n) is 9.84. The number of aromatic amines is 1. The zero-order valence-corrected chi connectivity index (χ0v) is 29.4. The molecule has 10 nitrogen and oxygen atoms in total. The Hall–Kier alpha value is -5.90. The topological polar surface area (TPSA) is 113 Å². The van der Waals surface area contributed by atoms with Gasteiger partial charge in [0.2, 0.25) is 11.8 Å². The van der Waals surface area contributed by atoms with E-state index in [1.165, 1.54) is 0 Å². The number of hydrogen-bond donors (Lipinski definition) is 1. The number of rotatable bonds is 5. The Kier molecular flexibility index (Phi) is 7.97. The molecule has 0 radical (unpaired) electrons. The lowest BCUT2D eigenvalue weighted by atomic mass is 9.85. The molecule has 2 aliphatic rings. The summed E-state index contributed by atoms with van der Waals surface area (Å²) in [7, 11) is 1.83. The highest BCUT2D eigenvalue weighted by Gasteiger charge is 2.43. The number of nitrogens with zero attached hydrogens (tertiary/aromatic N) is 7. The van der Waals surface area contributed by atoms with Gasteiger partial charge in [-0.05, 0) is 107 Å². The van der Waals surface area contributed by atoms with E-state index in [9.17, 15) is 9.59 Å². The van der Waals surface area contributed by atoms with E-state index in [1.807, 2.05) is 131 Å². The van der Waals surface area contributed by atoms with Gasteiger partial charge in [0.05, 0.1) is 39.8 Å². The molecule has 1 N–H and O–H groups in total. The SMILES string of the molecule is CCN1C(=O)C(C)(C)c2ccc(-n3cc(-c4ccnc(C)c4)cn3)cc21.CN1C(=O)C(C)(C)c2ccc(-c3cc(-c4cccnc4)n[nH]3)cc21. The van der Waals surface area contributed by atoms with Crippen LogP contribution in [0.5, 0.6) is 0 Å². The lowest BCUT2D eigenvalue weighted by molar-refractivity contribution is -0.122. The molecule has 10 heteroatoms. The summed E-state index contributed by atoms with van der Waals surface area (Å²) in [6, 6.07) is 22.2. The highest BCUT2D eigenvalue weighted by atomic mass is 16.2. The maximum absolute atomic E-state index is 12.7. The third kappa shape index (κ3) is 5.46. The Morgan fingerprint density at radius 3 is 2.26 bits per heavy atom. The molecule has 6 heterocycles. The zero-order valence-electron chi connectivity index (χ0n) is 29.4. The van der Waals surface area contributed by atoms with Crippen LogP contribution in [0.25, 0.3) is 39.3 Å². The van der Waals surface area contributed by atoms with Crippen LogP contribution in [-0.2, 0) is 20.4 Å². The molecule has 50 heavy (non-hydrogen) atoms. The second-order valence-corrected chi connectivity index (χ2v) is 13.9. The lowest BCUT2D eigenvalue weighted by Gasteiger charge is -2.18. The maximum atomic E-state index is 12.7. The molecule has 4 aromatic heterocycles. The Morgan fingerprint density at radius 2 is 1.52 bits per heavy atom. The summed E-state index contributed by atoms with van der Waals surface area (Å²) in [6.45, 7) is 12.6. The van der Waals surface area contributed by atoms with Gasteiger partial charge < -0.3 is 9.80 Å². The second-order valence-electron chi connectivity index (χ2n) is 13.9. The number of H-pyrrole nitrogens is 1. The maximum Gasteiger partial charge on any atom is 0.237 e. The Balaban J connectivity index is 0.000000157. The van der Waals surface area contributed by atoms with E-state index in [0.717, 1.165) is 67.5 Å². The number of carbonyl (C=O) groups is 2. The van der Waals surface area contributed by atoms with Gasteiger partial charge in [-0.2, -0.15) is 10.2 Å². The van der Waals surface area contributed by atoms with Crippen LogP contribution in [0, 0.1) is 6.92 Å². The Bertz CT molecular complexity index is 2250. The molecule has 0 bridgehead atoms. The lowest BCUT2D eigenvalue weighted by Crippen LogP contribution is -2.35. The fourth-order valence-corrected chi connectivity index (χ4v) is 6.91. The quantitative estimate of drug-likeness (QED) is 0.207. The van der Waals surface area contributed by atoms with Crippen LogP contribution < -0.4 is 9.80 Å². The van der Waals surface area contributed by atoms with Crippen LogP contribution >= 0.6 is 0 Å². The summed E-state index contributed by atoms with van der Waals surface area (Å²) in [5.41, 5.74) is 10.9. The summed E-state index contributed by atoms with van der Waals surface area (Å²) in [6.07, 6.45) is 9.21. The summed E-state index contributed by atoms with van der Waals surface area (Å²) in [5, 5.41) is 12.0. The smallest absolute Gasteiger partial charge is 0.237 e. The number of carbonyl (C=O) groups excluding carboxylic acids is 2. The van der Waals surface area contributed by atoms with Gasteiger partial charge in [0.1, 0.15) is 0 Å². The summed E-state index contributed by atoms with van der Waals surface area (Å²) < 4.78 is 1.86. The van der Waals surface area contributed by atoms with Crippen molar-refractivity contribution in [2.75, 3.05) is 23.4 Å². The van der Waals surface area contributed by atoms with Gasteiger partial charge in [0, 0.05) is 66.5 Å². The van der Waals surface area contributed by atoms with Crippen molar-refractivity contribution in [2.24, 2.45) is 0 Å². The van der Waals surface area contributed by atoms with Crippen LogP contribution in [0.2, 0.25) is 0 Å². The number of nitrogens with one attached hydrogen (secondary N) is 1. The number of aromatic nitrogens is 6. The molecule has 0 fully saturated rings. The Labute approximate surface area is 291 Å². The van der Waals surface area contributed by atoms with Gasteiger partial charge in [0.25, 0.3) is 0 Å². The van der Waals surface area contributed by atoms with Gasteiger partial charge >= 0.3 is 0 Å². The second kappa shape index (κ2) is 12.2. The molecular formula is C40H40N8O2. The molecule has 0 aliphatic carbocycles. The van der Waals surface area contributed by atoms with Crippen molar-refractivity contribution >= 4 is 23.2 Å². The first-order valence-electron chi connectivity index (χ1n) is 16.7. The molecule has 0 saturated carbocycles. The van der Waals surface area contributed by atoms with Crippen LogP contribution in [0.1, 0.15) is 51.4 Å². The molecular weight excluding hydrogens is 624 g/mol. The van der Waals surface area contributed by atoms with Crippen LogP contribution in [0.3, 0.4) is 0 Å². The van der Waals surface area contributed by atoms with Crippen molar-refractivity contribution in [1.29, 1.82) is 0 Å². The number of pyridine rings is 2. The predicted octanol–water partition coefficient (Wildman–Crippen LogP) is 7.28. The minimum atomic E-state index is -0.478. The van der Waals surface area contributed by atoms with E-state index in [0.29, 0.717) is 6.54 Å². The van der Waals surface area contributed by atoms with Crippen molar-refractivity contribution in [2.45, 2.75) is 52.4 Å². The zero-order chi connectivity index (χ0) is 35.4. The standard InChI is InChI=1S/C21H22N4O.C19H18N4O/c1-5-24-19-11-17(6-7-18(19)21(3,4)20(24)26)25-13-16(12-23-25)15-8-9-22-14(2)10-15;1-19(2)14-7-6-12(9-17(14)23(3)18(19)24)15-10-16(22-21-15)13-5-4-8-20-11-13/h6-13H,5H2,1-4H3;4-11H,1-3H3,(H,21,22). The summed E-state index contributed by atoms with van der Waals surface area (Å²) in [4.78, 5) is 37.1. The molecule has 8 rings (SSSR count). The minimum absolute atomic E-state index is 0.121. The van der Waals surface area contributed by atoms with Crippen molar-refractivity contribution in [3.05, 3.63) is 115 Å². The van der Waals surface area contributed by atoms with E-state index >= 15 is 0 Å². The molecule has 0 atom stereocenters. The predicted molar refractivity (Wildman–Crippen MR) is 196 cm³/mol. The third-order valence-corrected chi connectivity index (χ3v) is 9.84. The van der Waals surface area contributed by atoms with Crippen LogP contribution in [0.15, 0.2) is 97.7 Å². The van der Waals surface area contributed by atoms with E-state index in [-0.39, 0.29) is 11.8 Å². The molecule has 252 valence electrons. The summed E-state index contributed by atoms with van der Waals surface area (Å²) >= 11 is 0. The first kappa shape index (κ1) is 32.6. The average Bonchev–Trinajstić information content (AvgIpc) is 3.89. The fraction of sp³-hybridized carbons (Fsp3) is 0.250. The van der Waals surface area contributed by atoms with E-state index < -0.39 is 10.8 Å². The van der Waals surface area contributed by atoms with Gasteiger partial charge in [-0.1, -0.05) is 18.2 Å². The summed E-state index contributed by atoms with van der Waals surface area (Å²) in [5.74, 6) is 0.274.